The molecule has 0 bridgehead atoms. The van der Waals surface area contributed by atoms with Crippen molar-refractivity contribution >= 4 is 28.8 Å². The highest BCUT2D eigenvalue weighted by Crippen LogP contribution is 2.27. The average molecular weight is 395 g/mol. The Balaban J connectivity index is 2.00. The molecular formula is C17H25N5O4S. The number of morpholine rings is 1. The average Bonchev–Trinajstić information content (AvgIpc) is 3.08. The topological polar surface area (TPSA) is 91.4 Å². The van der Waals surface area contributed by atoms with Gasteiger partial charge >= 0.3 is 5.69 Å². The summed E-state index contributed by atoms with van der Waals surface area (Å²) in [6, 6.07) is 0.0150. The first-order valence-corrected chi connectivity index (χ1v) is 10.0. The summed E-state index contributed by atoms with van der Waals surface area (Å²) in [6.07, 6.45) is 0.794. The summed E-state index contributed by atoms with van der Waals surface area (Å²) in [6.45, 7) is 6.32. The molecule has 1 saturated heterocycles. The smallest absolute Gasteiger partial charge is 0.332 e. The van der Waals surface area contributed by atoms with Crippen molar-refractivity contribution in [3.63, 3.8) is 0 Å². The molecule has 0 N–H and O–H groups in total. The predicted octanol–water partition coefficient (Wildman–Crippen LogP) is 0.356. The second-order valence-corrected chi connectivity index (χ2v) is 7.62. The molecule has 27 heavy (non-hydrogen) atoms. The molecule has 1 fully saturated rings. The Kier molecular flexibility index (Phi) is 5.75. The van der Waals surface area contributed by atoms with Gasteiger partial charge in [0.15, 0.2) is 16.3 Å². The normalized spacial score (nSPS) is 16.1. The molecule has 2 aromatic heterocycles. The number of aryl methyl sites for hydroxylation is 1. The van der Waals surface area contributed by atoms with E-state index in [1.54, 1.807) is 11.9 Å². The second kappa shape index (κ2) is 7.89. The quantitative estimate of drug-likeness (QED) is 0.679. The monoisotopic (exact) mass is 395 g/mol. The van der Waals surface area contributed by atoms with Gasteiger partial charge in [0.1, 0.15) is 0 Å². The Morgan fingerprint density at radius 2 is 1.89 bits per heavy atom. The van der Waals surface area contributed by atoms with E-state index in [1.807, 2.05) is 18.4 Å². The van der Waals surface area contributed by atoms with E-state index in [4.69, 9.17) is 4.74 Å². The molecule has 1 aliphatic rings. The van der Waals surface area contributed by atoms with Gasteiger partial charge in [-0.1, -0.05) is 18.7 Å². The fourth-order valence-electron chi connectivity index (χ4n) is 3.12. The van der Waals surface area contributed by atoms with E-state index in [-0.39, 0.29) is 23.3 Å². The Labute approximate surface area is 160 Å². The number of aromatic nitrogens is 4. The highest BCUT2D eigenvalue weighted by atomic mass is 32.2. The maximum atomic E-state index is 12.7. The van der Waals surface area contributed by atoms with Crippen LogP contribution in [0, 0.1) is 0 Å². The predicted molar refractivity (Wildman–Crippen MR) is 103 cm³/mol. The van der Waals surface area contributed by atoms with Crippen molar-refractivity contribution in [3.05, 3.63) is 20.8 Å². The fraction of sp³-hybridized carbons (Fsp3) is 0.647. The van der Waals surface area contributed by atoms with Crippen LogP contribution in [0.3, 0.4) is 0 Å². The minimum atomic E-state index is -0.415. The number of imidazole rings is 1. The highest BCUT2D eigenvalue weighted by molar-refractivity contribution is 7.99. The van der Waals surface area contributed by atoms with Crippen molar-refractivity contribution < 1.29 is 9.53 Å². The number of hydrogen-bond acceptors (Lipinski definition) is 6. The van der Waals surface area contributed by atoms with Crippen LogP contribution in [0.25, 0.3) is 11.2 Å². The summed E-state index contributed by atoms with van der Waals surface area (Å²) in [5, 5.41) is 0.583. The summed E-state index contributed by atoms with van der Waals surface area (Å²) in [5.41, 5.74) is -0.0329. The molecule has 9 nitrogen and oxygen atoms in total. The number of carbonyl (C=O) groups is 1. The first kappa shape index (κ1) is 19.7. The molecule has 0 spiro atoms. The first-order valence-electron chi connectivity index (χ1n) is 9.03. The molecule has 0 aromatic carbocycles. The van der Waals surface area contributed by atoms with Gasteiger partial charge < -0.3 is 14.2 Å². The Morgan fingerprint density at radius 1 is 1.22 bits per heavy atom. The van der Waals surface area contributed by atoms with E-state index in [1.165, 1.54) is 23.4 Å². The lowest BCUT2D eigenvalue weighted by Crippen LogP contribution is -2.41. The van der Waals surface area contributed by atoms with Crippen LogP contribution >= 0.6 is 11.8 Å². The largest absolute Gasteiger partial charge is 0.378 e. The maximum Gasteiger partial charge on any atom is 0.332 e. The van der Waals surface area contributed by atoms with Crippen LogP contribution in [-0.2, 0) is 23.6 Å². The number of amides is 1. The molecule has 1 unspecified atom stereocenters. The van der Waals surface area contributed by atoms with Crippen LogP contribution in [0.2, 0.25) is 0 Å². The number of rotatable bonds is 5. The first-order chi connectivity index (χ1) is 12.9. The Morgan fingerprint density at radius 3 is 2.52 bits per heavy atom. The van der Waals surface area contributed by atoms with E-state index in [0.29, 0.717) is 42.6 Å². The van der Waals surface area contributed by atoms with Crippen LogP contribution in [0.5, 0.6) is 0 Å². The van der Waals surface area contributed by atoms with Gasteiger partial charge in [0.25, 0.3) is 5.56 Å². The van der Waals surface area contributed by atoms with E-state index in [0.717, 1.165) is 11.0 Å². The molecular weight excluding hydrogens is 370 g/mol. The van der Waals surface area contributed by atoms with Crippen LogP contribution < -0.4 is 11.2 Å². The van der Waals surface area contributed by atoms with E-state index >= 15 is 0 Å². The molecule has 0 saturated carbocycles. The lowest BCUT2D eigenvalue weighted by Gasteiger charge is -2.26. The van der Waals surface area contributed by atoms with Gasteiger partial charge in [-0.3, -0.25) is 18.7 Å². The number of carbonyl (C=O) groups excluding carboxylic acids is 1. The third-order valence-electron chi connectivity index (χ3n) is 4.98. The van der Waals surface area contributed by atoms with Crippen molar-refractivity contribution in [2.45, 2.75) is 31.5 Å². The Hall–Kier alpha value is -2.07. The molecule has 2 aromatic rings. The van der Waals surface area contributed by atoms with E-state index < -0.39 is 5.69 Å². The van der Waals surface area contributed by atoms with Gasteiger partial charge in [-0.05, 0) is 13.3 Å². The zero-order valence-corrected chi connectivity index (χ0v) is 16.9. The van der Waals surface area contributed by atoms with Crippen LogP contribution in [0.4, 0.5) is 0 Å². The highest BCUT2D eigenvalue weighted by Gasteiger charge is 2.24. The van der Waals surface area contributed by atoms with Crippen molar-refractivity contribution in [1.82, 2.24) is 23.6 Å². The summed E-state index contributed by atoms with van der Waals surface area (Å²) in [5.74, 6) is 0.251. The number of fused-ring (bicyclic) bond motifs is 1. The van der Waals surface area contributed by atoms with Gasteiger partial charge in [-0.2, -0.15) is 0 Å². The minimum absolute atomic E-state index is 0.0150. The summed E-state index contributed by atoms with van der Waals surface area (Å²) < 4.78 is 9.61. The molecule has 1 amide bonds. The molecule has 1 atom stereocenters. The Bertz CT molecular complexity index is 970. The summed E-state index contributed by atoms with van der Waals surface area (Å²) >= 11 is 1.30. The lowest BCUT2D eigenvalue weighted by molar-refractivity contribution is -0.132. The molecule has 0 radical (unpaired) electrons. The summed E-state index contributed by atoms with van der Waals surface area (Å²) in [4.78, 5) is 43.8. The van der Waals surface area contributed by atoms with Crippen LogP contribution in [0.15, 0.2) is 14.7 Å². The van der Waals surface area contributed by atoms with Gasteiger partial charge in [0.05, 0.1) is 19.0 Å². The molecule has 0 aliphatic carbocycles. The van der Waals surface area contributed by atoms with E-state index in [2.05, 4.69) is 4.98 Å². The van der Waals surface area contributed by atoms with Gasteiger partial charge in [-0.25, -0.2) is 9.78 Å². The van der Waals surface area contributed by atoms with Crippen molar-refractivity contribution in [3.8, 4) is 0 Å². The molecule has 148 valence electrons. The minimum Gasteiger partial charge on any atom is -0.378 e. The van der Waals surface area contributed by atoms with Crippen molar-refractivity contribution in [1.29, 1.82) is 0 Å². The maximum absolute atomic E-state index is 12.7. The zero-order chi connectivity index (χ0) is 19.7. The van der Waals surface area contributed by atoms with E-state index in [9.17, 15) is 14.4 Å². The van der Waals surface area contributed by atoms with Gasteiger partial charge in [0, 0.05) is 33.2 Å². The molecule has 3 rings (SSSR count). The third kappa shape index (κ3) is 3.55. The second-order valence-electron chi connectivity index (χ2n) is 6.68. The SMILES string of the molecule is CCC(C)n1c(SCC(=O)N2CCOCC2)nc2c1c(=O)n(C)c(=O)n2C. The number of ether oxygens (including phenoxy) is 1. The number of nitrogens with zero attached hydrogens (tertiary/aromatic N) is 5. The van der Waals surface area contributed by atoms with Crippen LogP contribution in [0.1, 0.15) is 26.3 Å². The summed E-state index contributed by atoms with van der Waals surface area (Å²) in [7, 11) is 3.07. The number of hydrogen-bond donors (Lipinski definition) is 0. The van der Waals surface area contributed by atoms with Crippen molar-refractivity contribution in [2.24, 2.45) is 14.1 Å². The fourth-order valence-corrected chi connectivity index (χ4v) is 4.11. The zero-order valence-electron chi connectivity index (χ0n) is 16.1. The van der Waals surface area contributed by atoms with Crippen molar-refractivity contribution in [2.75, 3.05) is 32.1 Å². The van der Waals surface area contributed by atoms with Crippen LogP contribution in [-0.4, -0.2) is 61.5 Å². The molecule has 10 heteroatoms. The molecule has 1 aliphatic heterocycles. The third-order valence-corrected chi connectivity index (χ3v) is 5.92. The lowest BCUT2D eigenvalue weighted by atomic mass is 10.2. The standard InChI is InChI=1S/C17H25N5O4S/c1-5-11(2)22-13-14(19(3)17(25)20(4)15(13)24)18-16(22)27-10-12(23)21-6-8-26-9-7-21/h11H,5-10H2,1-4H3. The molecule has 3 heterocycles. The van der Waals surface area contributed by atoms with Gasteiger partial charge in [0.2, 0.25) is 5.91 Å². The van der Waals surface area contributed by atoms with Gasteiger partial charge in [-0.15, -0.1) is 0 Å². The number of thioether (sulfide) groups is 1.